The molecule has 0 unspecified atom stereocenters. The summed E-state index contributed by atoms with van der Waals surface area (Å²) in [5.74, 6) is 4.49. The lowest BCUT2D eigenvalue weighted by molar-refractivity contribution is -0.00926. The molecular formula is C24H40O. The number of allylic oxidation sites excluding steroid dienone is 3. The number of hydrogen-bond donors (Lipinski definition) is 0. The molecule has 1 nitrogen and oxygen atoms in total. The minimum Gasteiger partial charge on any atom is -0.378 e. The van der Waals surface area contributed by atoms with E-state index in [9.17, 15) is 0 Å². The van der Waals surface area contributed by atoms with E-state index in [2.05, 4.69) is 31.7 Å². The topological polar surface area (TPSA) is 9.23 Å². The van der Waals surface area contributed by atoms with Crippen LogP contribution in [0.1, 0.15) is 84.0 Å². The Balaban J connectivity index is 1.30. The molecule has 3 saturated carbocycles. The van der Waals surface area contributed by atoms with Gasteiger partial charge in [0.1, 0.15) is 0 Å². The summed E-state index contributed by atoms with van der Waals surface area (Å²) in [6.07, 6.45) is 24.0. The van der Waals surface area contributed by atoms with E-state index in [0.29, 0.717) is 6.10 Å². The molecule has 3 rings (SSSR count). The Bertz CT molecular complexity index is 402. The minimum atomic E-state index is 0.549. The first-order chi connectivity index (χ1) is 12.3. The molecule has 1 heteroatoms. The van der Waals surface area contributed by atoms with Crippen molar-refractivity contribution >= 4 is 0 Å². The predicted molar refractivity (Wildman–Crippen MR) is 108 cm³/mol. The number of ether oxygens (including phenoxy) is 1. The van der Waals surface area contributed by atoms with Gasteiger partial charge in [0.25, 0.3) is 0 Å². The van der Waals surface area contributed by atoms with Crippen LogP contribution in [0.5, 0.6) is 0 Å². The second-order valence-electron chi connectivity index (χ2n) is 9.09. The lowest BCUT2D eigenvalue weighted by Gasteiger charge is -2.37. The Morgan fingerprint density at radius 1 is 0.760 bits per heavy atom. The first-order valence-corrected chi connectivity index (χ1v) is 11.2. The lowest BCUT2D eigenvalue weighted by atomic mass is 9.69. The molecule has 25 heavy (non-hydrogen) atoms. The van der Waals surface area contributed by atoms with Crippen LogP contribution in [0.2, 0.25) is 0 Å². The first kappa shape index (κ1) is 19.2. The molecule has 0 saturated heterocycles. The van der Waals surface area contributed by atoms with Crippen LogP contribution in [0.4, 0.5) is 0 Å². The zero-order chi connectivity index (χ0) is 17.5. The Hall–Kier alpha value is -0.560. The largest absolute Gasteiger partial charge is 0.378 e. The summed E-state index contributed by atoms with van der Waals surface area (Å²) in [5.41, 5.74) is 0. The molecule has 0 aromatic carbocycles. The van der Waals surface area contributed by atoms with Gasteiger partial charge in [0.15, 0.2) is 0 Å². The molecule has 3 fully saturated rings. The summed E-state index contributed by atoms with van der Waals surface area (Å²) in [6, 6.07) is 0. The van der Waals surface area contributed by atoms with Crippen molar-refractivity contribution in [2.45, 2.75) is 90.1 Å². The van der Waals surface area contributed by atoms with Gasteiger partial charge in [0, 0.05) is 6.61 Å². The standard InChI is InChI=1S/C24H40O/c1-3-5-20-10-16-24(17-11-20)25-18-21-8-14-23(15-9-21)22-12-6-19(4-2)7-13-22/h3-5,19-24H,2,6-18H2,1H3. The highest BCUT2D eigenvalue weighted by molar-refractivity contribution is 4.90. The third-order valence-electron chi connectivity index (χ3n) is 7.46. The highest BCUT2D eigenvalue weighted by atomic mass is 16.5. The third-order valence-corrected chi connectivity index (χ3v) is 7.46. The van der Waals surface area contributed by atoms with Crippen molar-refractivity contribution in [3.63, 3.8) is 0 Å². The van der Waals surface area contributed by atoms with Crippen molar-refractivity contribution < 1.29 is 4.74 Å². The molecule has 0 amide bonds. The second kappa shape index (κ2) is 9.95. The van der Waals surface area contributed by atoms with Crippen LogP contribution >= 0.6 is 0 Å². The van der Waals surface area contributed by atoms with E-state index in [-0.39, 0.29) is 0 Å². The second-order valence-corrected chi connectivity index (χ2v) is 9.09. The summed E-state index contributed by atoms with van der Waals surface area (Å²) < 4.78 is 6.32. The van der Waals surface area contributed by atoms with Crippen LogP contribution in [0.15, 0.2) is 24.8 Å². The lowest BCUT2D eigenvalue weighted by Crippen LogP contribution is -2.28. The molecule has 0 radical (unpaired) electrons. The maximum Gasteiger partial charge on any atom is 0.0575 e. The molecule has 0 aliphatic heterocycles. The normalized spacial score (nSPS) is 40.2. The Morgan fingerprint density at radius 2 is 1.32 bits per heavy atom. The molecule has 3 aliphatic rings. The van der Waals surface area contributed by atoms with Gasteiger partial charge in [0.05, 0.1) is 6.10 Å². The van der Waals surface area contributed by atoms with Crippen LogP contribution < -0.4 is 0 Å². The molecular weight excluding hydrogens is 304 g/mol. The van der Waals surface area contributed by atoms with Gasteiger partial charge in [-0.2, -0.15) is 0 Å². The van der Waals surface area contributed by atoms with Crippen LogP contribution in [0, 0.1) is 29.6 Å². The summed E-state index contributed by atoms with van der Waals surface area (Å²) in [6.45, 7) is 7.17. The summed E-state index contributed by atoms with van der Waals surface area (Å²) in [7, 11) is 0. The zero-order valence-corrected chi connectivity index (χ0v) is 16.5. The van der Waals surface area contributed by atoms with Crippen LogP contribution in [0.3, 0.4) is 0 Å². The van der Waals surface area contributed by atoms with Crippen LogP contribution in [-0.4, -0.2) is 12.7 Å². The van der Waals surface area contributed by atoms with Gasteiger partial charge >= 0.3 is 0 Å². The molecule has 0 bridgehead atoms. The monoisotopic (exact) mass is 344 g/mol. The van der Waals surface area contributed by atoms with E-state index >= 15 is 0 Å². The van der Waals surface area contributed by atoms with Gasteiger partial charge in [-0.3, -0.25) is 0 Å². The quantitative estimate of drug-likeness (QED) is 0.474. The minimum absolute atomic E-state index is 0.549. The highest BCUT2D eigenvalue weighted by Gasteiger charge is 2.30. The Labute approximate surface area is 156 Å². The van der Waals surface area contributed by atoms with Gasteiger partial charge in [-0.1, -0.05) is 18.2 Å². The summed E-state index contributed by atoms with van der Waals surface area (Å²) >= 11 is 0. The van der Waals surface area contributed by atoms with E-state index < -0.39 is 0 Å². The van der Waals surface area contributed by atoms with Crippen molar-refractivity contribution in [2.75, 3.05) is 6.61 Å². The smallest absolute Gasteiger partial charge is 0.0575 e. The summed E-state index contributed by atoms with van der Waals surface area (Å²) in [5, 5.41) is 0. The number of hydrogen-bond acceptors (Lipinski definition) is 1. The highest BCUT2D eigenvalue weighted by Crippen LogP contribution is 2.41. The molecule has 0 atom stereocenters. The van der Waals surface area contributed by atoms with Crippen molar-refractivity contribution in [1.29, 1.82) is 0 Å². The van der Waals surface area contributed by atoms with Gasteiger partial charge in [-0.05, 0) is 114 Å². The first-order valence-electron chi connectivity index (χ1n) is 11.2. The molecule has 0 spiro atoms. The van der Waals surface area contributed by atoms with E-state index in [0.717, 1.165) is 36.2 Å². The Morgan fingerprint density at radius 3 is 1.88 bits per heavy atom. The van der Waals surface area contributed by atoms with Gasteiger partial charge < -0.3 is 4.74 Å². The Kier molecular flexibility index (Phi) is 7.65. The van der Waals surface area contributed by atoms with Crippen molar-refractivity contribution in [3.05, 3.63) is 24.8 Å². The summed E-state index contributed by atoms with van der Waals surface area (Å²) in [4.78, 5) is 0. The fraction of sp³-hybridized carbons (Fsp3) is 0.833. The fourth-order valence-electron chi connectivity index (χ4n) is 5.67. The molecule has 3 aliphatic carbocycles. The average molecular weight is 345 g/mol. The van der Waals surface area contributed by atoms with Gasteiger partial charge in [-0.15, -0.1) is 6.58 Å². The molecule has 0 aromatic heterocycles. The van der Waals surface area contributed by atoms with E-state index in [4.69, 9.17) is 4.74 Å². The third kappa shape index (κ3) is 5.71. The maximum absolute atomic E-state index is 6.32. The van der Waals surface area contributed by atoms with Gasteiger partial charge in [-0.25, -0.2) is 0 Å². The predicted octanol–water partition coefficient (Wildman–Crippen LogP) is 6.94. The number of rotatable bonds is 6. The van der Waals surface area contributed by atoms with E-state index in [1.807, 2.05) is 0 Å². The van der Waals surface area contributed by atoms with Crippen LogP contribution in [-0.2, 0) is 4.74 Å². The molecule has 0 heterocycles. The van der Waals surface area contributed by atoms with Crippen molar-refractivity contribution in [3.8, 4) is 0 Å². The maximum atomic E-state index is 6.32. The SMILES string of the molecule is C=CC1CCC(C2CCC(COC3CCC(C=CC)CC3)CC2)CC1. The van der Waals surface area contributed by atoms with E-state index in [1.165, 1.54) is 77.0 Å². The van der Waals surface area contributed by atoms with E-state index in [1.54, 1.807) is 0 Å². The fourth-order valence-corrected chi connectivity index (χ4v) is 5.67. The van der Waals surface area contributed by atoms with Gasteiger partial charge in [0.2, 0.25) is 0 Å². The average Bonchev–Trinajstić information content (AvgIpc) is 2.68. The molecule has 0 N–H and O–H groups in total. The molecule has 0 aromatic rings. The molecule has 142 valence electrons. The zero-order valence-electron chi connectivity index (χ0n) is 16.5. The van der Waals surface area contributed by atoms with Crippen LogP contribution in [0.25, 0.3) is 0 Å². The van der Waals surface area contributed by atoms with Crippen molar-refractivity contribution in [1.82, 2.24) is 0 Å². The van der Waals surface area contributed by atoms with Crippen molar-refractivity contribution in [2.24, 2.45) is 29.6 Å².